The number of carbonyl (C=O) groups excluding carboxylic acids is 3. The minimum atomic E-state index is -0.737. The molecule has 0 radical (unpaired) electrons. The van der Waals surface area contributed by atoms with Crippen molar-refractivity contribution in [1.82, 2.24) is 5.32 Å². The molecule has 8 nitrogen and oxygen atoms in total. The Labute approximate surface area is 159 Å². The molecule has 0 saturated carbocycles. The van der Waals surface area contributed by atoms with Crippen LogP contribution in [0.4, 0.5) is 0 Å². The molecule has 1 aromatic rings. The highest BCUT2D eigenvalue weighted by Crippen LogP contribution is 2.22. The first-order chi connectivity index (χ1) is 12.9. The van der Waals surface area contributed by atoms with Crippen LogP contribution >= 0.6 is 0 Å². The van der Waals surface area contributed by atoms with Gasteiger partial charge >= 0.3 is 11.9 Å². The minimum absolute atomic E-state index is 0.148. The summed E-state index contributed by atoms with van der Waals surface area (Å²) in [4.78, 5) is 35.3. The van der Waals surface area contributed by atoms with Crippen molar-refractivity contribution in [2.24, 2.45) is 5.73 Å². The number of esters is 2. The molecule has 0 spiro atoms. The molecule has 0 bridgehead atoms. The minimum Gasteiger partial charge on any atom is -0.481 e. The van der Waals surface area contributed by atoms with Gasteiger partial charge in [0.05, 0.1) is 20.3 Å². The lowest BCUT2D eigenvalue weighted by Crippen LogP contribution is -2.42. The first-order valence-corrected chi connectivity index (χ1v) is 8.87. The van der Waals surface area contributed by atoms with E-state index in [0.717, 1.165) is 19.3 Å². The highest BCUT2D eigenvalue weighted by molar-refractivity contribution is 5.93. The van der Waals surface area contributed by atoms with Crippen molar-refractivity contribution in [2.45, 2.75) is 38.6 Å². The van der Waals surface area contributed by atoms with E-state index in [0.29, 0.717) is 12.1 Å². The number of nitrogens with one attached hydrogen (secondary N) is 1. The molecule has 1 aromatic carbocycles. The number of rotatable bonds is 11. The number of benzene rings is 1. The molecule has 1 amide bonds. The predicted octanol–water partition coefficient (Wildman–Crippen LogP) is 1.20. The predicted molar refractivity (Wildman–Crippen MR) is 99.5 cm³/mol. The average molecular weight is 380 g/mol. The lowest BCUT2D eigenvalue weighted by molar-refractivity contribution is -0.142. The Morgan fingerprint density at radius 1 is 1.15 bits per heavy atom. The Hall–Kier alpha value is -2.61. The number of hydrogen-bond donors (Lipinski definition) is 2. The fourth-order valence-electron chi connectivity index (χ4n) is 2.36. The molecule has 0 fully saturated rings. The third-order valence-corrected chi connectivity index (χ3v) is 3.89. The molecular weight excluding hydrogens is 352 g/mol. The number of methoxy groups -OCH3 is 2. The molecule has 0 aromatic heterocycles. The molecule has 0 aliphatic heterocycles. The van der Waals surface area contributed by atoms with E-state index in [1.807, 2.05) is 0 Å². The van der Waals surface area contributed by atoms with Crippen LogP contribution in [0.3, 0.4) is 0 Å². The van der Waals surface area contributed by atoms with E-state index >= 15 is 0 Å². The number of ether oxygens (including phenoxy) is 3. The summed E-state index contributed by atoms with van der Waals surface area (Å²) in [7, 11) is 2.49. The van der Waals surface area contributed by atoms with Crippen LogP contribution < -0.4 is 15.8 Å². The molecule has 0 unspecified atom stereocenters. The number of hydrogen-bond acceptors (Lipinski definition) is 7. The molecule has 150 valence electrons. The molecule has 8 heteroatoms. The van der Waals surface area contributed by atoms with Crippen molar-refractivity contribution in [3.63, 3.8) is 0 Å². The van der Waals surface area contributed by atoms with Gasteiger partial charge in [0.25, 0.3) is 0 Å². The van der Waals surface area contributed by atoms with Gasteiger partial charge in [0.1, 0.15) is 11.3 Å². The zero-order chi connectivity index (χ0) is 20.2. The van der Waals surface area contributed by atoms with Gasteiger partial charge in [-0.25, -0.2) is 9.59 Å². The topological polar surface area (TPSA) is 117 Å². The van der Waals surface area contributed by atoms with E-state index in [2.05, 4.69) is 17.0 Å². The van der Waals surface area contributed by atoms with Gasteiger partial charge < -0.3 is 25.3 Å². The zero-order valence-electron chi connectivity index (χ0n) is 16.1. The third kappa shape index (κ3) is 7.65. The maximum Gasteiger partial charge on any atom is 0.343 e. The lowest BCUT2D eigenvalue weighted by Gasteiger charge is -2.14. The maximum atomic E-state index is 12.1. The summed E-state index contributed by atoms with van der Waals surface area (Å²) in [6.07, 6.45) is 3.28. The van der Waals surface area contributed by atoms with Gasteiger partial charge in [0, 0.05) is 6.54 Å². The smallest absolute Gasteiger partial charge is 0.343 e. The monoisotopic (exact) mass is 380 g/mol. The SMILES string of the molecule is CCCCCNC(=O)[C@@H](N)Cc1ccc(OCC(=O)OC)c(C(=O)OC)c1. The van der Waals surface area contributed by atoms with Crippen LogP contribution in [-0.4, -0.2) is 51.3 Å². The molecule has 0 saturated heterocycles. The second-order valence-corrected chi connectivity index (χ2v) is 6.00. The number of nitrogens with two attached hydrogens (primary N) is 1. The fourth-order valence-corrected chi connectivity index (χ4v) is 2.36. The van der Waals surface area contributed by atoms with Crippen molar-refractivity contribution in [1.29, 1.82) is 0 Å². The summed E-state index contributed by atoms with van der Waals surface area (Å²) in [5.74, 6) is -1.24. The first-order valence-electron chi connectivity index (χ1n) is 8.87. The van der Waals surface area contributed by atoms with E-state index in [1.165, 1.54) is 20.3 Å². The Bertz CT molecular complexity index is 647. The van der Waals surface area contributed by atoms with Gasteiger partial charge in [-0.05, 0) is 30.5 Å². The van der Waals surface area contributed by atoms with Crippen LogP contribution in [0.5, 0.6) is 5.75 Å². The van der Waals surface area contributed by atoms with Gasteiger partial charge in [0.15, 0.2) is 6.61 Å². The normalized spacial score (nSPS) is 11.4. The van der Waals surface area contributed by atoms with Crippen molar-refractivity contribution in [3.05, 3.63) is 29.3 Å². The van der Waals surface area contributed by atoms with Crippen molar-refractivity contribution >= 4 is 17.8 Å². The number of carbonyl (C=O) groups is 3. The van der Waals surface area contributed by atoms with Gasteiger partial charge in [-0.1, -0.05) is 25.8 Å². The summed E-state index contributed by atoms with van der Waals surface area (Å²) in [5, 5.41) is 2.80. The number of unbranched alkanes of at least 4 members (excludes halogenated alkanes) is 2. The van der Waals surface area contributed by atoms with Gasteiger partial charge in [-0.2, -0.15) is 0 Å². The first kappa shape index (κ1) is 22.4. The molecule has 0 aliphatic rings. The summed E-state index contributed by atoms with van der Waals surface area (Å²) in [6, 6.07) is 4.03. The lowest BCUT2D eigenvalue weighted by atomic mass is 10.0. The fraction of sp³-hybridized carbons (Fsp3) is 0.526. The second-order valence-electron chi connectivity index (χ2n) is 6.00. The van der Waals surface area contributed by atoms with Crippen LogP contribution in [0, 0.1) is 0 Å². The zero-order valence-corrected chi connectivity index (χ0v) is 16.1. The van der Waals surface area contributed by atoms with Crippen LogP contribution in [0.25, 0.3) is 0 Å². The standard InChI is InChI=1S/C19H28N2O6/c1-4-5-6-9-21-18(23)15(20)11-13-7-8-16(27-12-17(22)25-2)14(10-13)19(24)26-3/h7-8,10,15H,4-6,9,11-12,20H2,1-3H3,(H,21,23)/t15-/m0/s1. The van der Waals surface area contributed by atoms with E-state index in [1.54, 1.807) is 12.1 Å². The number of amides is 1. The van der Waals surface area contributed by atoms with Gasteiger partial charge in [-0.15, -0.1) is 0 Å². The van der Waals surface area contributed by atoms with E-state index in [-0.39, 0.29) is 30.2 Å². The Balaban J connectivity index is 2.79. The highest BCUT2D eigenvalue weighted by atomic mass is 16.6. The molecule has 3 N–H and O–H groups in total. The largest absolute Gasteiger partial charge is 0.481 e. The van der Waals surface area contributed by atoms with Crippen LogP contribution in [0.15, 0.2) is 18.2 Å². The second kappa shape index (κ2) is 11.9. The summed E-state index contributed by atoms with van der Waals surface area (Å²) < 4.78 is 14.6. The Morgan fingerprint density at radius 3 is 2.52 bits per heavy atom. The summed E-state index contributed by atoms with van der Waals surface area (Å²) >= 11 is 0. The Morgan fingerprint density at radius 2 is 1.89 bits per heavy atom. The van der Waals surface area contributed by atoms with E-state index < -0.39 is 18.0 Å². The van der Waals surface area contributed by atoms with Crippen LogP contribution in [0.2, 0.25) is 0 Å². The third-order valence-electron chi connectivity index (χ3n) is 3.89. The van der Waals surface area contributed by atoms with Gasteiger partial charge in [-0.3, -0.25) is 4.79 Å². The van der Waals surface area contributed by atoms with E-state index in [9.17, 15) is 14.4 Å². The highest BCUT2D eigenvalue weighted by Gasteiger charge is 2.18. The van der Waals surface area contributed by atoms with Crippen LogP contribution in [0.1, 0.15) is 42.1 Å². The molecule has 1 rings (SSSR count). The summed E-state index contributed by atoms with van der Waals surface area (Å²) in [6.45, 7) is 2.35. The van der Waals surface area contributed by atoms with Gasteiger partial charge in [0.2, 0.25) is 5.91 Å². The average Bonchev–Trinajstić information content (AvgIpc) is 2.68. The van der Waals surface area contributed by atoms with Crippen LogP contribution in [-0.2, 0) is 25.5 Å². The summed E-state index contributed by atoms with van der Waals surface area (Å²) in [5.41, 5.74) is 6.78. The quantitative estimate of drug-likeness (QED) is 0.437. The molecule has 27 heavy (non-hydrogen) atoms. The molecule has 0 aliphatic carbocycles. The van der Waals surface area contributed by atoms with Crippen molar-refractivity contribution < 1.29 is 28.6 Å². The van der Waals surface area contributed by atoms with Crippen molar-refractivity contribution in [3.8, 4) is 5.75 Å². The maximum absolute atomic E-state index is 12.1. The molecule has 0 heterocycles. The molecular formula is C19H28N2O6. The van der Waals surface area contributed by atoms with E-state index in [4.69, 9.17) is 15.2 Å². The molecule has 1 atom stereocenters. The Kier molecular flexibility index (Phi) is 9.89. The van der Waals surface area contributed by atoms with Crippen molar-refractivity contribution in [2.75, 3.05) is 27.4 Å².